The number of furan rings is 1. The number of carbonyl (C=O) groups excluding carboxylic acids is 1. The Morgan fingerprint density at radius 1 is 1.13 bits per heavy atom. The van der Waals surface area contributed by atoms with E-state index >= 15 is 0 Å². The molecule has 0 saturated heterocycles. The molecule has 0 unspecified atom stereocenters. The lowest BCUT2D eigenvalue weighted by Gasteiger charge is -2.23. The molecule has 5 nitrogen and oxygen atoms in total. The van der Waals surface area contributed by atoms with Crippen molar-refractivity contribution in [1.82, 2.24) is 4.98 Å². The molecule has 1 aromatic carbocycles. The van der Waals surface area contributed by atoms with E-state index in [2.05, 4.69) is 15.6 Å². The standard InChI is InChI=1S/C24H22FN3O2S/c1-14-10-11-26-20(13-14)27-22(17-7-4-5-8-18(17)25)21-15(2)16(3)31-24(21)28-23(29)19-9-6-12-30-19/h4-13,22H,1-3H3,(H,26,27)(H,28,29)/t22-/m0/s1. The predicted octanol–water partition coefficient (Wildman–Crippen LogP) is 6.25. The highest BCUT2D eigenvalue weighted by Gasteiger charge is 2.27. The van der Waals surface area contributed by atoms with Gasteiger partial charge in [-0.05, 0) is 62.2 Å². The van der Waals surface area contributed by atoms with Gasteiger partial charge in [-0.15, -0.1) is 11.3 Å². The number of hydrogen-bond acceptors (Lipinski definition) is 5. The summed E-state index contributed by atoms with van der Waals surface area (Å²) in [6.07, 6.45) is 3.16. The first kappa shape index (κ1) is 20.8. The van der Waals surface area contributed by atoms with Crippen molar-refractivity contribution < 1.29 is 13.6 Å². The Balaban J connectivity index is 1.81. The van der Waals surface area contributed by atoms with Crippen molar-refractivity contribution in [3.63, 3.8) is 0 Å². The van der Waals surface area contributed by atoms with Crippen LogP contribution < -0.4 is 10.6 Å². The van der Waals surface area contributed by atoms with Crippen molar-refractivity contribution in [2.45, 2.75) is 26.8 Å². The zero-order valence-corrected chi connectivity index (χ0v) is 18.2. The van der Waals surface area contributed by atoms with Crippen molar-refractivity contribution in [2.24, 2.45) is 0 Å². The van der Waals surface area contributed by atoms with Crippen molar-refractivity contribution in [3.8, 4) is 0 Å². The van der Waals surface area contributed by atoms with Crippen LogP contribution in [0.4, 0.5) is 15.2 Å². The van der Waals surface area contributed by atoms with Gasteiger partial charge in [-0.2, -0.15) is 0 Å². The second-order valence-electron chi connectivity index (χ2n) is 7.27. The molecule has 0 aliphatic rings. The summed E-state index contributed by atoms with van der Waals surface area (Å²) >= 11 is 1.45. The molecular formula is C24H22FN3O2S. The Kier molecular flexibility index (Phi) is 5.86. The fourth-order valence-corrected chi connectivity index (χ4v) is 4.53. The maximum Gasteiger partial charge on any atom is 0.291 e. The van der Waals surface area contributed by atoms with Crippen LogP contribution in [0.25, 0.3) is 0 Å². The van der Waals surface area contributed by atoms with Crippen LogP contribution in [0.3, 0.4) is 0 Å². The number of carbonyl (C=O) groups is 1. The Bertz CT molecular complexity index is 1220. The van der Waals surface area contributed by atoms with Crippen LogP contribution in [0.1, 0.15) is 43.7 Å². The van der Waals surface area contributed by atoms with Crippen molar-refractivity contribution in [1.29, 1.82) is 0 Å². The van der Waals surface area contributed by atoms with Crippen molar-refractivity contribution in [3.05, 3.63) is 99.7 Å². The number of anilines is 2. The maximum absolute atomic E-state index is 14.9. The van der Waals surface area contributed by atoms with Crippen LogP contribution in [0.2, 0.25) is 0 Å². The fourth-order valence-electron chi connectivity index (χ4n) is 3.44. The number of nitrogens with one attached hydrogen (secondary N) is 2. The number of halogens is 1. The first-order valence-electron chi connectivity index (χ1n) is 9.82. The molecule has 0 spiro atoms. The van der Waals surface area contributed by atoms with E-state index < -0.39 is 6.04 Å². The summed E-state index contributed by atoms with van der Waals surface area (Å²) in [4.78, 5) is 18.1. The molecule has 0 aliphatic carbocycles. The summed E-state index contributed by atoms with van der Waals surface area (Å²) in [6, 6.07) is 13.2. The van der Waals surface area contributed by atoms with Crippen LogP contribution in [0, 0.1) is 26.6 Å². The van der Waals surface area contributed by atoms with E-state index in [-0.39, 0.29) is 17.5 Å². The molecule has 1 amide bonds. The van der Waals surface area contributed by atoms with Gasteiger partial charge in [-0.1, -0.05) is 18.2 Å². The van der Waals surface area contributed by atoms with Gasteiger partial charge in [0.2, 0.25) is 0 Å². The van der Waals surface area contributed by atoms with E-state index in [0.717, 1.165) is 21.6 Å². The van der Waals surface area contributed by atoms with Gasteiger partial charge in [0.25, 0.3) is 5.91 Å². The molecule has 0 aliphatic heterocycles. The molecule has 7 heteroatoms. The molecule has 31 heavy (non-hydrogen) atoms. The van der Waals surface area contributed by atoms with Gasteiger partial charge in [0.15, 0.2) is 5.76 Å². The monoisotopic (exact) mass is 435 g/mol. The molecule has 3 aromatic heterocycles. The molecule has 2 N–H and O–H groups in total. The molecule has 3 heterocycles. The average Bonchev–Trinajstić information content (AvgIpc) is 3.36. The third-order valence-electron chi connectivity index (χ3n) is 5.12. The van der Waals surface area contributed by atoms with Crippen LogP contribution in [0.15, 0.2) is 65.4 Å². The predicted molar refractivity (Wildman–Crippen MR) is 121 cm³/mol. The summed E-state index contributed by atoms with van der Waals surface area (Å²) in [6.45, 7) is 5.93. The number of thiophene rings is 1. The number of benzene rings is 1. The minimum Gasteiger partial charge on any atom is -0.459 e. The van der Waals surface area contributed by atoms with E-state index in [1.165, 1.54) is 23.7 Å². The highest BCUT2D eigenvalue weighted by molar-refractivity contribution is 7.16. The van der Waals surface area contributed by atoms with Gasteiger partial charge in [0.05, 0.1) is 12.3 Å². The van der Waals surface area contributed by atoms with Gasteiger partial charge >= 0.3 is 0 Å². The van der Waals surface area contributed by atoms with Crippen LogP contribution >= 0.6 is 11.3 Å². The number of pyridine rings is 1. The summed E-state index contributed by atoms with van der Waals surface area (Å²) in [5.74, 6) is 0.151. The molecule has 0 radical (unpaired) electrons. The highest BCUT2D eigenvalue weighted by atomic mass is 32.1. The second-order valence-corrected chi connectivity index (χ2v) is 8.50. The molecular weight excluding hydrogens is 413 g/mol. The number of amides is 1. The van der Waals surface area contributed by atoms with E-state index in [0.29, 0.717) is 16.4 Å². The number of aromatic nitrogens is 1. The lowest BCUT2D eigenvalue weighted by molar-refractivity contribution is 0.0997. The Morgan fingerprint density at radius 2 is 1.94 bits per heavy atom. The zero-order valence-electron chi connectivity index (χ0n) is 17.4. The van der Waals surface area contributed by atoms with E-state index in [1.807, 2.05) is 32.9 Å². The van der Waals surface area contributed by atoms with Crippen molar-refractivity contribution in [2.75, 3.05) is 10.6 Å². The molecule has 0 saturated carbocycles. The van der Waals surface area contributed by atoms with Crippen molar-refractivity contribution >= 4 is 28.1 Å². The van der Waals surface area contributed by atoms with Gasteiger partial charge in [-0.25, -0.2) is 9.37 Å². The fraction of sp³-hybridized carbons (Fsp3) is 0.167. The minimum atomic E-state index is -0.549. The average molecular weight is 436 g/mol. The maximum atomic E-state index is 14.9. The number of hydrogen-bond donors (Lipinski definition) is 2. The quantitative estimate of drug-likeness (QED) is 0.375. The smallest absolute Gasteiger partial charge is 0.291 e. The van der Waals surface area contributed by atoms with E-state index in [4.69, 9.17) is 4.42 Å². The summed E-state index contributed by atoms with van der Waals surface area (Å²) < 4.78 is 20.1. The summed E-state index contributed by atoms with van der Waals surface area (Å²) in [7, 11) is 0. The molecule has 4 aromatic rings. The second kappa shape index (κ2) is 8.73. The van der Waals surface area contributed by atoms with Gasteiger partial charge in [0.1, 0.15) is 16.6 Å². The third kappa shape index (κ3) is 4.36. The van der Waals surface area contributed by atoms with E-state index in [9.17, 15) is 9.18 Å². The number of rotatable bonds is 6. The van der Waals surface area contributed by atoms with Crippen LogP contribution in [-0.4, -0.2) is 10.9 Å². The lowest BCUT2D eigenvalue weighted by Crippen LogP contribution is -2.18. The SMILES string of the molecule is Cc1ccnc(N[C@@H](c2ccccc2F)c2c(NC(=O)c3ccco3)sc(C)c2C)c1. The topological polar surface area (TPSA) is 67.2 Å². The largest absolute Gasteiger partial charge is 0.459 e. The highest BCUT2D eigenvalue weighted by Crippen LogP contribution is 2.41. The first-order valence-corrected chi connectivity index (χ1v) is 10.6. The summed E-state index contributed by atoms with van der Waals surface area (Å²) in [5.41, 5.74) is 3.29. The normalized spacial score (nSPS) is 11.9. The number of nitrogens with zero attached hydrogens (tertiary/aromatic N) is 1. The lowest BCUT2D eigenvalue weighted by atomic mass is 9.96. The van der Waals surface area contributed by atoms with Gasteiger partial charge < -0.3 is 15.1 Å². The Labute approximate surface area is 184 Å². The first-order chi connectivity index (χ1) is 14.9. The Morgan fingerprint density at radius 3 is 2.65 bits per heavy atom. The van der Waals surface area contributed by atoms with E-state index in [1.54, 1.807) is 36.5 Å². The molecule has 4 rings (SSSR count). The van der Waals surface area contributed by atoms with Crippen LogP contribution in [0.5, 0.6) is 0 Å². The molecule has 158 valence electrons. The number of aryl methyl sites for hydroxylation is 2. The molecule has 0 bridgehead atoms. The zero-order chi connectivity index (χ0) is 22.0. The molecule has 1 atom stereocenters. The van der Waals surface area contributed by atoms with Gasteiger partial charge in [-0.3, -0.25) is 4.79 Å². The van der Waals surface area contributed by atoms with Crippen LogP contribution in [-0.2, 0) is 0 Å². The third-order valence-corrected chi connectivity index (χ3v) is 6.25. The Hall–Kier alpha value is -3.45. The minimum absolute atomic E-state index is 0.213. The summed E-state index contributed by atoms with van der Waals surface area (Å²) in [5, 5.41) is 6.96. The van der Waals surface area contributed by atoms with Gasteiger partial charge in [0, 0.05) is 22.2 Å². The molecule has 0 fully saturated rings.